The van der Waals surface area contributed by atoms with Gasteiger partial charge in [0.15, 0.2) is 0 Å². The van der Waals surface area contributed by atoms with Crippen LogP contribution in [0, 0.1) is 0 Å². The average Bonchev–Trinajstić information content (AvgIpc) is 2.63. The molecule has 0 unspecified atom stereocenters. The van der Waals surface area contributed by atoms with Gasteiger partial charge < -0.3 is 5.73 Å². The molecule has 0 spiro atoms. The Morgan fingerprint density at radius 3 is 1.79 bits per heavy atom. The molecule has 0 aromatic heterocycles. The lowest BCUT2D eigenvalue weighted by molar-refractivity contribution is 1.44. The second-order valence-corrected chi connectivity index (χ2v) is 6.18. The van der Waals surface area contributed by atoms with Crippen LogP contribution in [0.2, 0.25) is 0 Å². The van der Waals surface area contributed by atoms with Crippen molar-refractivity contribution in [3.63, 3.8) is 0 Å². The summed E-state index contributed by atoms with van der Waals surface area (Å²) in [6.45, 7) is 2.12. The Balaban J connectivity index is 1.70. The topological polar surface area (TPSA) is 26.0 Å². The predicted molar refractivity (Wildman–Crippen MR) is 103 cm³/mol. The lowest BCUT2D eigenvalue weighted by Gasteiger charge is -2.17. The molecule has 0 heterocycles. The normalized spacial score (nSPS) is 13.0. The van der Waals surface area contributed by atoms with E-state index in [-0.39, 0.29) is 0 Å². The molecule has 0 atom stereocenters. The number of rotatable bonds is 3. The highest BCUT2D eigenvalue weighted by molar-refractivity contribution is 5.91. The maximum atomic E-state index is 6.17. The van der Waals surface area contributed by atoms with Crippen LogP contribution in [0.3, 0.4) is 0 Å². The molecule has 2 N–H and O–H groups in total. The molecule has 1 heteroatoms. The fraction of sp³-hybridized carbons (Fsp3) is 0.0435. The van der Waals surface area contributed by atoms with E-state index in [0.717, 1.165) is 11.3 Å². The van der Waals surface area contributed by atoms with E-state index in [1.807, 2.05) is 12.1 Å². The van der Waals surface area contributed by atoms with E-state index >= 15 is 0 Å². The van der Waals surface area contributed by atoms with Crippen LogP contribution < -0.4 is 5.73 Å². The number of nitrogen functional groups attached to an aromatic ring is 1. The van der Waals surface area contributed by atoms with Crippen molar-refractivity contribution in [3.05, 3.63) is 96.1 Å². The molecule has 1 aliphatic rings. The first kappa shape index (κ1) is 14.5. The molecule has 0 saturated heterocycles. The van der Waals surface area contributed by atoms with E-state index in [1.54, 1.807) is 0 Å². The Morgan fingerprint density at radius 2 is 1.21 bits per heavy atom. The molecule has 0 saturated carbocycles. The minimum atomic E-state index is 0.832. The van der Waals surface area contributed by atoms with Gasteiger partial charge in [-0.3, -0.25) is 0 Å². The minimum Gasteiger partial charge on any atom is -0.398 e. The molecule has 3 aromatic carbocycles. The summed E-state index contributed by atoms with van der Waals surface area (Å²) in [5.74, 6) is 0. The van der Waals surface area contributed by atoms with Crippen molar-refractivity contribution in [2.45, 2.75) is 6.92 Å². The molecule has 0 radical (unpaired) electrons. The van der Waals surface area contributed by atoms with Crippen molar-refractivity contribution >= 4 is 11.3 Å². The van der Waals surface area contributed by atoms with Gasteiger partial charge in [0.1, 0.15) is 0 Å². The Hall–Kier alpha value is -3.06. The van der Waals surface area contributed by atoms with Crippen LogP contribution in [0.25, 0.3) is 27.8 Å². The number of hydrogen-bond donors (Lipinski definition) is 1. The van der Waals surface area contributed by atoms with E-state index in [2.05, 4.69) is 79.7 Å². The lowest BCUT2D eigenvalue weighted by Crippen LogP contribution is -1.98. The molecule has 0 amide bonds. The van der Waals surface area contributed by atoms with Gasteiger partial charge in [-0.25, -0.2) is 0 Å². The molecule has 0 fully saturated rings. The summed E-state index contributed by atoms with van der Waals surface area (Å²) in [5.41, 5.74) is 15.5. The van der Waals surface area contributed by atoms with Crippen LogP contribution in [0.15, 0.2) is 90.5 Å². The van der Waals surface area contributed by atoms with E-state index in [1.165, 1.54) is 33.4 Å². The Kier molecular flexibility index (Phi) is 3.55. The summed E-state index contributed by atoms with van der Waals surface area (Å²) >= 11 is 0. The van der Waals surface area contributed by atoms with E-state index in [9.17, 15) is 0 Å². The second-order valence-electron chi connectivity index (χ2n) is 6.18. The third kappa shape index (κ3) is 2.55. The van der Waals surface area contributed by atoms with Crippen LogP contribution in [0.1, 0.15) is 12.5 Å². The first-order chi connectivity index (χ1) is 11.7. The van der Waals surface area contributed by atoms with Crippen LogP contribution in [-0.2, 0) is 0 Å². The lowest BCUT2D eigenvalue weighted by atomic mass is 9.89. The number of nitrogens with two attached hydrogens (primary N) is 1. The van der Waals surface area contributed by atoms with Gasteiger partial charge in [0, 0.05) is 11.3 Å². The van der Waals surface area contributed by atoms with Gasteiger partial charge in [0.2, 0.25) is 0 Å². The average molecular weight is 309 g/mol. The van der Waals surface area contributed by atoms with Crippen molar-refractivity contribution in [1.29, 1.82) is 0 Å². The molecule has 3 aromatic rings. The molecular formula is C23H19N. The molecule has 24 heavy (non-hydrogen) atoms. The summed E-state index contributed by atoms with van der Waals surface area (Å²) < 4.78 is 0. The van der Waals surface area contributed by atoms with Crippen molar-refractivity contribution in [2.75, 3.05) is 5.73 Å². The highest BCUT2D eigenvalue weighted by atomic mass is 14.6. The third-order valence-electron chi connectivity index (χ3n) is 4.59. The number of hydrogen-bond acceptors (Lipinski definition) is 1. The Morgan fingerprint density at radius 1 is 0.625 bits per heavy atom. The predicted octanol–water partition coefficient (Wildman–Crippen LogP) is 5.95. The van der Waals surface area contributed by atoms with Gasteiger partial charge in [0.05, 0.1) is 0 Å². The zero-order valence-corrected chi connectivity index (χ0v) is 13.7. The fourth-order valence-electron chi connectivity index (χ4n) is 3.09. The van der Waals surface area contributed by atoms with Gasteiger partial charge in [0.25, 0.3) is 0 Å². The Bertz CT molecular complexity index is 945. The summed E-state index contributed by atoms with van der Waals surface area (Å²) in [4.78, 5) is 0. The van der Waals surface area contributed by atoms with E-state index < -0.39 is 0 Å². The highest BCUT2D eigenvalue weighted by Crippen LogP contribution is 2.35. The van der Waals surface area contributed by atoms with Crippen molar-refractivity contribution < 1.29 is 0 Å². The molecule has 1 nitrogen and oxygen atoms in total. The van der Waals surface area contributed by atoms with Crippen molar-refractivity contribution in [1.82, 2.24) is 0 Å². The summed E-state index contributed by atoms with van der Waals surface area (Å²) in [6, 6.07) is 25.4. The van der Waals surface area contributed by atoms with Gasteiger partial charge in [-0.2, -0.15) is 0 Å². The number of anilines is 1. The molecular weight excluding hydrogens is 290 g/mol. The van der Waals surface area contributed by atoms with E-state index in [0.29, 0.717) is 0 Å². The quantitative estimate of drug-likeness (QED) is 0.595. The SMILES string of the molecule is CC1=C(c2cc(-c3ccc(-c4ccccc4)cc3)ccc2N)C=C1. The maximum Gasteiger partial charge on any atom is 0.0394 e. The first-order valence-corrected chi connectivity index (χ1v) is 8.17. The number of allylic oxidation sites excluding steroid dienone is 4. The molecule has 4 rings (SSSR count). The largest absolute Gasteiger partial charge is 0.398 e. The zero-order valence-electron chi connectivity index (χ0n) is 13.7. The van der Waals surface area contributed by atoms with Crippen LogP contribution in [0.4, 0.5) is 5.69 Å². The smallest absolute Gasteiger partial charge is 0.0394 e. The standard InChI is InChI=1S/C23H19N/c1-16-7-13-21(16)22-15-20(12-14-23(22)24)19-10-8-18(9-11-19)17-5-3-2-4-6-17/h2-15H,24H2,1H3. The number of benzene rings is 3. The van der Waals surface area contributed by atoms with Gasteiger partial charge in [-0.15, -0.1) is 0 Å². The summed E-state index contributed by atoms with van der Waals surface area (Å²) in [5, 5.41) is 0. The summed E-state index contributed by atoms with van der Waals surface area (Å²) in [6.07, 6.45) is 4.25. The molecule has 1 aliphatic carbocycles. The zero-order chi connectivity index (χ0) is 16.5. The minimum absolute atomic E-state index is 0.832. The van der Waals surface area contributed by atoms with Gasteiger partial charge in [-0.05, 0) is 52.5 Å². The highest BCUT2D eigenvalue weighted by Gasteiger charge is 2.12. The fourth-order valence-corrected chi connectivity index (χ4v) is 3.09. The van der Waals surface area contributed by atoms with Gasteiger partial charge in [-0.1, -0.05) is 72.8 Å². The third-order valence-corrected chi connectivity index (χ3v) is 4.59. The summed E-state index contributed by atoms with van der Waals surface area (Å²) in [7, 11) is 0. The van der Waals surface area contributed by atoms with Crippen LogP contribution in [0.5, 0.6) is 0 Å². The van der Waals surface area contributed by atoms with Gasteiger partial charge >= 0.3 is 0 Å². The van der Waals surface area contributed by atoms with Crippen molar-refractivity contribution in [2.24, 2.45) is 0 Å². The van der Waals surface area contributed by atoms with Crippen LogP contribution >= 0.6 is 0 Å². The first-order valence-electron chi connectivity index (χ1n) is 8.17. The molecule has 0 aliphatic heterocycles. The Labute approximate surface area is 142 Å². The van der Waals surface area contributed by atoms with Crippen molar-refractivity contribution in [3.8, 4) is 22.3 Å². The molecule has 116 valence electrons. The monoisotopic (exact) mass is 309 g/mol. The maximum absolute atomic E-state index is 6.17. The van der Waals surface area contributed by atoms with Crippen LogP contribution in [-0.4, -0.2) is 0 Å². The van der Waals surface area contributed by atoms with E-state index in [4.69, 9.17) is 5.73 Å². The second kappa shape index (κ2) is 5.86. The molecule has 0 bridgehead atoms.